The third kappa shape index (κ3) is 6.08. The normalized spacial score (nSPS) is 20.2. The van der Waals surface area contributed by atoms with Crippen LogP contribution in [-0.2, 0) is 20.6 Å². The van der Waals surface area contributed by atoms with Crippen LogP contribution < -0.4 is 4.74 Å². The maximum atomic E-state index is 6.18. The summed E-state index contributed by atoms with van der Waals surface area (Å²) in [4.78, 5) is 0. The molecular weight excluding hydrogens is 412 g/mol. The van der Waals surface area contributed by atoms with E-state index in [1.165, 1.54) is 0 Å². The van der Waals surface area contributed by atoms with Crippen molar-refractivity contribution in [2.45, 2.75) is 32.0 Å². The lowest BCUT2D eigenvalue weighted by molar-refractivity contribution is 0.188. The zero-order valence-electron chi connectivity index (χ0n) is 18.9. The van der Waals surface area contributed by atoms with Gasteiger partial charge >= 0.3 is 0 Å². The van der Waals surface area contributed by atoms with Crippen LogP contribution in [-0.4, -0.2) is 38.6 Å². The second-order valence-electron chi connectivity index (χ2n) is 8.02. The van der Waals surface area contributed by atoms with Gasteiger partial charge in [-0.25, -0.2) is 0 Å². The van der Waals surface area contributed by atoms with Gasteiger partial charge in [0.25, 0.3) is 0 Å². The Morgan fingerprint density at radius 2 is 1.85 bits per heavy atom. The first kappa shape index (κ1) is 22.7. The van der Waals surface area contributed by atoms with Gasteiger partial charge in [0.05, 0.1) is 13.2 Å². The largest absolute Gasteiger partial charge is 0.490 e. The van der Waals surface area contributed by atoms with Gasteiger partial charge in [-0.1, -0.05) is 54.3 Å². The molecule has 2 aliphatic heterocycles. The highest BCUT2D eigenvalue weighted by atomic mass is 16.6. The standard InChI is InChI=1S/C29H28O4/c1-4-7-11-21(6-3)26(28(10-5-2)32-19-23-17-30-23)16-27-25-13-9-8-12-22(25)14-15-29(27)33-20-24-18-31-24/h2-4,7-10,12-15,23-24H,11,16-20H2,1H3/b7-4-,26-21-,28-10+. The van der Waals surface area contributed by atoms with Crippen LogP contribution in [0.25, 0.3) is 10.8 Å². The summed E-state index contributed by atoms with van der Waals surface area (Å²) in [6, 6.07) is 12.4. The summed E-state index contributed by atoms with van der Waals surface area (Å²) >= 11 is 0. The lowest BCUT2D eigenvalue weighted by Crippen LogP contribution is -2.10. The highest BCUT2D eigenvalue weighted by Gasteiger charge is 2.26. The highest BCUT2D eigenvalue weighted by molar-refractivity contribution is 5.88. The Bertz CT molecular complexity index is 1160. The van der Waals surface area contributed by atoms with E-state index in [-0.39, 0.29) is 12.2 Å². The summed E-state index contributed by atoms with van der Waals surface area (Å²) in [6.45, 7) is 4.38. The Hall–Kier alpha value is -3.44. The molecule has 2 aliphatic rings. The van der Waals surface area contributed by atoms with Crippen LogP contribution in [0.1, 0.15) is 18.9 Å². The Morgan fingerprint density at radius 1 is 1.09 bits per heavy atom. The van der Waals surface area contributed by atoms with Gasteiger partial charge in [-0.2, -0.15) is 0 Å². The molecule has 2 saturated heterocycles. The third-order valence-corrected chi connectivity index (χ3v) is 5.61. The van der Waals surface area contributed by atoms with E-state index in [4.69, 9.17) is 31.8 Å². The average Bonchev–Trinajstić information content (AvgIpc) is 3.76. The molecule has 4 heteroatoms. The summed E-state index contributed by atoms with van der Waals surface area (Å²) < 4.78 is 23.0. The van der Waals surface area contributed by atoms with Crippen LogP contribution in [0.5, 0.6) is 5.75 Å². The molecule has 0 aromatic heterocycles. The molecule has 0 N–H and O–H groups in total. The molecule has 0 aliphatic carbocycles. The van der Waals surface area contributed by atoms with E-state index in [0.29, 0.717) is 38.4 Å². The van der Waals surface area contributed by atoms with Gasteiger partial charge in [0.2, 0.25) is 0 Å². The van der Waals surface area contributed by atoms with Crippen LogP contribution in [0.2, 0.25) is 0 Å². The molecular formula is C29H28O4. The van der Waals surface area contributed by atoms with Gasteiger partial charge in [-0.3, -0.25) is 0 Å². The topological polar surface area (TPSA) is 43.5 Å². The second kappa shape index (κ2) is 10.9. The quantitative estimate of drug-likeness (QED) is 0.162. The Kier molecular flexibility index (Phi) is 7.53. The van der Waals surface area contributed by atoms with Gasteiger partial charge in [0.1, 0.15) is 36.9 Å². The molecule has 2 aromatic carbocycles. The summed E-state index contributed by atoms with van der Waals surface area (Å²) in [6.07, 6.45) is 18.7. The number of hydrogen-bond donors (Lipinski definition) is 0. The molecule has 168 valence electrons. The molecule has 2 aromatic rings. The Labute approximate surface area is 195 Å². The van der Waals surface area contributed by atoms with Crippen molar-refractivity contribution >= 4 is 10.8 Å². The highest BCUT2D eigenvalue weighted by Crippen LogP contribution is 2.34. The number of allylic oxidation sites excluding steroid dienone is 5. The third-order valence-electron chi connectivity index (χ3n) is 5.61. The maximum absolute atomic E-state index is 6.18. The van der Waals surface area contributed by atoms with Crippen LogP contribution >= 0.6 is 0 Å². The van der Waals surface area contributed by atoms with Gasteiger partial charge < -0.3 is 18.9 Å². The van der Waals surface area contributed by atoms with Gasteiger partial charge in [0.15, 0.2) is 0 Å². The molecule has 0 radical (unpaired) electrons. The average molecular weight is 441 g/mol. The summed E-state index contributed by atoms with van der Waals surface area (Å²) in [7, 11) is 0. The molecule has 2 fully saturated rings. The van der Waals surface area contributed by atoms with Crippen LogP contribution in [0.15, 0.2) is 71.5 Å². The van der Waals surface area contributed by atoms with Gasteiger partial charge in [0, 0.05) is 29.2 Å². The van der Waals surface area contributed by atoms with Crippen molar-refractivity contribution in [3.05, 3.63) is 77.1 Å². The van der Waals surface area contributed by atoms with Crippen molar-refractivity contribution in [1.82, 2.24) is 0 Å². The molecule has 2 atom stereocenters. The number of hydrogen-bond acceptors (Lipinski definition) is 4. The Morgan fingerprint density at radius 3 is 2.55 bits per heavy atom. The van der Waals surface area contributed by atoms with Crippen molar-refractivity contribution in [3.8, 4) is 30.4 Å². The summed E-state index contributed by atoms with van der Waals surface area (Å²) in [5, 5.41) is 2.24. The van der Waals surface area contributed by atoms with Gasteiger partial charge in [-0.15, -0.1) is 12.8 Å². The van der Waals surface area contributed by atoms with Crippen molar-refractivity contribution < 1.29 is 18.9 Å². The minimum atomic E-state index is 0.104. The SMILES string of the molecule is C#C/C=C(OCC1CO1)\C(Cc1c(OCC2CO2)ccc2ccccc12)=C(\C#C)C/C=C\C. The number of terminal acetylenes is 2. The molecule has 4 rings (SSSR count). The van der Waals surface area contributed by atoms with E-state index < -0.39 is 0 Å². The number of epoxide rings is 2. The molecule has 0 saturated carbocycles. The molecule has 0 bridgehead atoms. The van der Waals surface area contributed by atoms with E-state index in [9.17, 15) is 0 Å². The minimum absolute atomic E-state index is 0.104. The number of rotatable bonds is 11. The van der Waals surface area contributed by atoms with E-state index in [0.717, 1.165) is 39.8 Å². The molecule has 4 nitrogen and oxygen atoms in total. The fraction of sp³-hybridized carbons (Fsp3) is 0.310. The van der Waals surface area contributed by atoms with E-state index in [1.54, 1.807) is 6.08 Å². The monoisotopic (exact) mass is 440 g/mol. The van der Waals surface area contributed by atoms with E-state index >= 15 is 0 Å². The van der Waals surface area contributed by atoms with E-state index in [1.807, 2.05) is 37.3 Å². The summed E-state index contributed by atoms with van der Waals surface area (Å²) in [5.74, 6) is 6.91. The fourth-order valence-electron chi connectivity index (χ4n) is 3.64. The first-order valence-electron chi connectivity index (χ1n) is 11.2. The smallest absolute Gasteiger partial charge is 0.132 e. The van der Waals surface area contributed by atoms with Crippen molar-refractivity contribution in [1.29, 1.82) is 0 Å². The predicted molar refractivity (Wildman–Crippen MR) is 131 cm³/mol. The van der Waals surface area contributed by atoms with Gasteiger partial charge in [-0.05, 0) is 30.2 Å². The van der Waals surface area contributed by atoms with Crippen molar-refractivity contribution in [3.63, 3.8) is 0 Å². The molecule has 33 heavy (non-hydrogen) atoms. The molecule has 0 spiro atoms. The van der Waals surface area contributed by atoms with Crippen LogP contribution in [0.3, 0.4) is 0 Å². The predicted octanol–water partition coefficient (Wildman–Crippen LogP) is 4.99. The number of ether oxygens (including phenoxy) is 4. The molecule has 0 amide bonds. The Balaban J connectivity index is 1.78. The zero-order valence-corrected chi connectivity index (χ0v) is 18.9. The maximum Gasteiger partial charge on any atom is 0.132 e. The fourth-order valence-corrected chi connectivity index (χ4v) is 3.64. The molecule has 2 unspecified atom stereocenters. The number of fused-ring (bicyclic) bond motifs is 1. The van der Waals surface area contributed by atoms with E-state index in [2.05, 4.69) is 30.0 Å². The second-order valence-corrected chi connectivity index (χ2v) is 8.02. The lowest BCUT2D eigenvalue weighted by atomic mass is 9.92. The minimum Gasteiger partial charge on any atom is -0.490 e. The van der Waals surface area contributed by atoms with Crippen LogP contribution in [0.4, 0.5) is 0 Å². The van der Waals surface area contributed by atoms with Crippen LogP contribution in [0, 0.1) is 24.7 Å². The van der Waals surface area contributed by atoms with Crippen molar-refractivity contribution in [2.24, 2.45) is 0 Å². The lowest BCUT2D eigenvalue weighted by Gasteiger charge is -2.19. The zero-order chi connectivity index (χ0) is 23.0. The first-order valence-corrected chi connectivity index (χ1v) is 11.2. The van der Waals surface area contributed by atoms with Crippen molar-refractivity contribution in [2.75, 3.05) is 26.4 Å². The molecule has 2 heterocycles. The first-order chi connectivity index (χ1) is 16.2. The summed E-state index contributed by atoms with van der Waals surface area (Å²) in [5.41, 5.74) is 2.76. The number of benzene rings is 2.